The summed E-state index contributed by atoms with van der Waals surface area (Å²) in [5, 5.41) is 0. The third kappa shape index (κ3) is 2.82. The number of rotatable bonds is 2. The van der Waals surface area contributed by atoms with Crippen LogP contribution in [-0.2, 0) is 14.5 Å². The molecule has 0 N–H and O–H groups in total. The van der Waals surface area contributed by atoms with Crippen LogP contribution in [0.15, 0.2) is 18.7 Å². The van der Waals surface area contributed by atoms with Gasteiger partial charge >= 0.3 is 10.3 Å². The molecule has 0 aliphatic rings. The summed E-state index contributed by atoms with van der Waals surface area (Å²) in [7, 11) is -3.72. The second-order valence-corrected chi connectivity index (χ2v) is 4.99. The molecular weight excluding hydrogens is 192 g/mol. The zero-order valence-corrected chi connectivity index (χ0v) is 8.58. The summed E-state index contributed by atoms with van der Waals surface area (Å²) in [6, 6.07) is 0. The van der Waals surface area contributed by atoms with Crippen molar-refractivity contribution >= 4 is 10.3 Å². The first kappa shape index (κ1) is 10.2. The maximum Gasteiger partial charge on any atom is 0.367 e. The monoisotopic (exact) mass is 204 g/mol. The highest BCUT2D eigenvalue weighted by molar-refractivity contribution is 7.85. The quantitative estimate of drug-likeness (QED) is 0.714. The second-order valence-electron chi connectivity index (χ2n) is 3.55. The Morgan fingerprint density at radius 1 is 1.38 bits per heavy atom. The molecule has 13 heavy (non-hydrogen) atoms. The van der Waals surface area contributed by atoms with Gasteiger partial charge < -0.3 is 0 Å². The summed E-state index contributed by atoms with van der Waals surface area (Å²) >= 11 is 0. The van der Waals surface area contributed by atoms with Gasteiger partial charge in [-0.1, -0.05) is 0 Å². The number of hydrogen-bond acceptors (Lipinski definition) is 4. The highest BCUT2D eigenvalue weighted by Gasteiger charge is 2.22. The van der Waals surface area contributed by atoms with Gasteiger partial charge in [0.05, 0.1) is 5.60 Å². The van der Waals surface area contributed by atoms with Gasteiger partial charge in [-0.3, -0.25) is 0 Å². The Hall–Kier alpha value is -0.880. The Morgan fingerprint density at radius 3 is 2.38 bits per heavy atom. The Labute approximate surface area is 77.6 Å². The topological polar surface area (TPSA) is 61.2 Å². The minimum Gasteiger partial charge on any atom is -0.248 e. The predicted molar refractivity (Wildman–Crippen MR) is 47.4 cm³/mol. The Morgan fingerprint density at radius 2 is 2.00 bits per heavy atom. The molecule has 5 nitrogen and oxygen atoms in total. The van der Waals surface area contributed by atoms with Crippen LogP contribution < -0.4 is 0 Å². The molecule has 0 saturated heterocycles. The third-order valence-corrected chi connectivity index (χ3v) is 2.54. The highest BCUT2D eigenvalue weighted by Crippen LogP contribution is 2.12. The predicted octanol–water partition coefficient (Wildman–Crippen LogP) is 0.791. The average molecular weight is 204 g/mol. The van der Waals surface area contributed by atoms with Gasteiger partial charge in [0.2, 0.25) is 0 Å². The molecule has 0 spiro atoms. The SMILES string of the molecule is CC(C)(C)OS(=O)(=O)n1ccnc1. The van der Waals surface area contributed by atoms with Crippen LogP contribution in [0.4, 0.5) is 0 Å². The first-order valence-corrected chi connectivity index (χ1v) is 5.12. The lowest BCUT2D eigenvalue weighted by Crippen LogP contribution is -2.27. The number of aromatic nitrogens is 2. The van der Waals surface area contributed by atoms with Crippen molar-refractivity contribution in [1.29, 1.82) is 0 Å². The molecule has 0 atom stereocenters. The summed E-state index contributed by atoms with van der Waals surface area (Å²) in [6.07, 6.45) is 3.88. The second kappa shape index (κ2) is 3.12. The van der Waals surface area contributed by atoms with Crippen LogP contribution in [0.2, 0.25) is 0 Å². The van der Waals surface area contributed by atoms with Crippen LogP contribution in [-0.4, -0.2) is 23.0 Å². The molecule has 0 bridgehead atoms. The van der Waals surface area contributed by atoms with Gasteiger partial charge in [0.25, 0.3) is 0 Å². The van der Waals surface area contributed by atoms with E-state index in [4.69, 9.17) is 4.18 Å². The smallest absolute Gasteiger partial charge is 0.248 e. The molecule has 0 aliphatic carbocycles. The van der Waals surface area contributed by atoms with Crippen molar-refractivity contribution in [3.63, 3.8) is 0 Å². The Bertz CT molecular complexity index is 361. The van der Waals surface area contributed by atoms with Gasteiger partial charge in [-0.2, -0.15) is 8.42 Å². The van der Waals surface area contributed by atoms with E-state index in [1.807, 2.05) is 0 Å². The van der Waals surface area contributed by atoms with E-state index >= 15 is 0 Å². The molecule has 0 radical (unpaired) electrons. The standard InChI is InChI=1S/C7H12N2O3S/c1-7(2,3)12-13(10,11)9-5-4-8-6-9/h4-6H,1-3H3. The maximum atomic E-state index is 11.4. The zero-order valence-electron chi connectivity index (χ0n) is 7.76. The highest BCUT2D eigenvalue weighted by atomic mass is 32.2. The first-order chi connectivity index (χ1) is 5.81. The molecule has 0 aliphatic heterocycles. The van der Waals surface area contributed by atoms with Crippen molar-refractivity contribution in [3.05, 3.63) is 18.7 Å². The maximum absolute atomic E-state index is 11.4. The van der Waals surface area contributed by atoms with Crippen LogP contribution in [0.5, 0.6) is 0 Å². The summed E-state index contributed by atoms with van der Waals surface area (Å²) in [5.74, 6) is 0. The summed E-state index contributed by atoms with van der Waals surface area (Å²) < 4.78 is 28.6. The average Bonchev–Trinajstić information content (AvgIpc) is 2.29. The molecule has 0 unspecified atom stereocenters. The van der Waals surface area contributed by atoms with Gasteiger partial charge in [-0.15, -0.1) is 0 Å². The van der Waals surface area contributed by atoms with Crippen molar-refractivity contribution in [2.24, 2.45) is 0 Å². The molecule has 1 heterocycles. The molecule has 0 amide bonds. The van der Waals surface area contributed by atoms with Gasteiger partial charge in [-0.25, -0.2) is 13.1 Å². The summed E-state index contributed by atoms with van der Waals surface area (Å²) in [5.41, 5.74) is -0.733. The van der Waals surface area contributed by atoms with Gasteiger partial charge in [0.1, 0.15) is 6.33 Å². The Kier molecular flexibility index (Phi) is 2.44. The van der Waals surface area contributed by atoms with E-state index in [-0.39, 0.29) is 0 Å². The minimum atomic E-state index is -3.72. The summed E-state index contributed by atoms with van der Waals surface area (Å²) in [4.78, 5) is 3.62. The molecule has 74 valence electrons. The van der Waals surface area contributed by atoms with E-state index in [0.29, 0.717) is 0 Å². The van der Waals surface area contributed by atoms with Gasteiger partial charge in [0.15, 0.2) is 0 Å². The van der Waals surface area contributed by atoms with E-state index in [2.05, 4.69) is 4.98 Å². The van der Waals surface area contributed by atoms with Gasteiger partial charge in [0, 0.05) is 12.4 Å². The normalized spacial score (nSPS) is 13.2. The lowest BCUT2D eigenvalue weighted by molar-refractivity contribution is 0.137. The molecule has 0 aromatic carbocycles. The van der Waals surface area contributed by atoms with E-state index in [1.165, 1.54) is 18.7 Å². The van der Waals surface area contributed by atoms with Crippen LogP contribution in [0.1, 0.15) is 20.8 Å². The third-order valence-electron chi connectivity index (χ3n) is 1.09. The van der Waals surface area contributed by atoms with Crippen LogP contribution in [0.3, 0.4) is 0 Å². The fourth-order valence-electron chi connectivity index (χ4n) is 0.738. The van der Waals surface area contributed by atoms with E-state index in [0.717, 1.165) is 3.97 Å². The molecular formula is C7H12N2O3S. The Balaban J connectivity index is 2.93. The van der Waals surface area contributed by atoms with Crippen LogP contribution in [0, 0.1) is 0 Å². The van der Waals surface area contributed by atoms with Crippen molar-refractivity contribution in [2.45, 2.75) is 26.4 Å². The van der Waals surface area contributed by atoms with Crippen molar-refractivity contribution in [1.82, 2.24) is 8.96 Å². The molecule has 1 aromatic rings. The fourth-order valence-corrected chi connectivity index (χ4v) is 1.83. The van der Waals surface area contributed by atoms with Crippen molar-refractivity contribution in [3.8, 4) is 0 Å². The number of nitrogens with zero attached hydrogens (tertiary/aromatic N) is 2. The molecule has 1 rings (SSSR count). The van der Waals surface area contributed by atoms with E-state index in [1.54, 1.807) is 20.8 Å². The van der Waals surface area contributed by atoms with E-state index in [9.17, 15) is 8.42 Å². The lowest BCUT2D eigenvalue weighted by Gasteiger charge is -2.18. The first-order valence-electron chi connectivity index (χ1n) is 3.75. The molecule has 0 saturated carbocycles. The van der Waals surface area contributed by atoms with Crippen LogP contribution in [0.25, 0.3) is 0 Å². The van der Waals surface area contributed by atoms with E-state index < -0.39 is 15.9 Å². The van der Waals surface area contributed by atoms with Crippen molar-refractivity contribution in [2.75, 3.05) is 0 Å². The van der Waals surface area contributed by atoms with Crippen molar-refractivity contribution < 1.29 is 12.6 Å². The zero-order chi connectivity index (χ0) is 10.1. The number of hydrogen-bond donors (Lipinski definition) is 0. The number of imidazole rings is 1. The van der Waals surface area contributed by atoms with Crippen LogP contribution >= 0.6 is 0 Å². The largest absolute Gasteiger partial charge is 0.367 e. The molecule has 6 heteroatoms. The molecule has 0 fully saturated rings. The summed E-state index contributed by atoms with van der Waals surface area (Å²) in [6.45, 7) is 5.00. The fraction of sp³-hybridized carbons (Fsp3) is 0.571. The lowest BCUT2D eigenvalue weighted by atomic mass is 10.2. The van der Waals surface area contributed by atoms with Gasteiger partial charge in [-0.05, 0) is 20.8 Å². The molecule has 1 aromatic heterocycles. The minimum absolute atomic E-state index is 0.733.